The summed E-state index contributed by atoms with van der Waals surface area (Å²) in [4.78, 5) is 10.9. The molecule has 1 aromatic heterocycles. The smallest absolute Gasteiger partial charge is 0.153 e. The van der Waals surface area contributed by atoms with Gasteiger partial charge in [0.2, 0.25) is 0 Å². The lowest BCUT2D eigenvalue weighted by Crippen LogP contribution is -1.96. The van der Waals surface area contributed by atoms with Crippen molar-refractivity contribution < 1.29 is 9.53 Å². The monoisotopic (exact) mass is 217 g/mol. The first-order chi connectivity index (χ1) is 7.61. The minimum atomic E-state index is 0.593. The number of ether oxygens (including phenoxy) is 1. The van der Waals surface area contributed by atoms with Gasteiger partial charge in [-0.2, -0.15) is 0 Å². The van der Waals surface area contributed by atoms with Crippen LogP contribution in [-0.4, -0.2) is 18.0 Å². The van der Waals surface area contributed by atoms with Crippen molar-refractivity contribution in [1.82, 2.24) is 4.57 Å². The third-order valence-corrected chi connectivity index (χ3v) is 3.28. The summed E-state index contributed by atoms with van der Waals surface area (Å²) in [5.41, 5.74) is 4.00. The van der Waals surface area contributed by atoms with Crippen molar-refractivity contribution in [2.75, 3.05) is 7.11 Å². The van der Waals surface area contributed by atoms with Gasteiger partial charge in [0.25, 0.3) is 0 Å². The van der Waals surface area contributed by atoms with E-state index in [-0.39, 0.29) is 0 Å². The Bertz CT molecular complexity index is 567. The van der Waals surface area contributed by atoms with Crippen molar-refractivity contribution in [3.63, 3.8) is 0 Å². The second-order valence-corrected chi connectivity index (χ2v) is 3.97. The molecule has 0 aliphatic heterocycles. The number of hydrogen-bond acceptors (Lipinski definition) is 2. The number of hydrogen-bond donors (Lipinski definition) is 0. The van der Waals surface area contributed by atoms with Gasteiger partial charge in [0.1, 0.15) is 0 Å². The zero-order chi connectivity index (χ0) is 11.9. The molecule has 3 heteroatoms. The van der Waals surface area contributed by atoms with E-state index in [1.807, 2.05) is 13.1 Å². The number of methoxy groups -OCH3 is 1. The first-order valence-electron chi connectivity index (χ1n) is 5.19. The van der Waals surface area contributed by atoms with E-state index < -0.39 is 0 Å². The summed E-state index contributed by atoms with van der Waals surface area (Å²) >= 11 is 0. The number of rotatable bonds is 2. The third-order valence-electron chi connectivity index (χ3n) is 3.28. The summed E-state index contributed by atoms with van der Waals surface area (Å²) in [5.74, 6) is 0.659. The SMILES string of the molecule is COc1c(C=O)ccc2c(C)c(C)n(C)c12. The highest BCUT2D eigenvalue weighted by atomic mass is 16.5. The molecule has 0 saturated carbocycles. The third kappa shape index (κ3) is 1.24. The maximum atomic E-state index is 10.9. The molecule has 16 heavy (non-hydrogen) atoms. The summed E-state index contributed by atoms with van der Waals surface area (Å²) in [6.07, 6.45) is 0.829. The Morgan fingerprint density at radius 3 is 2.56 bits per heavy atom. The molecule has 0 radical (unpaired) electrons. The lowest BCUT2D eigenvalue weighted by Gasteiger charge is -2.07. The molecule has 3 nitrogen and oxygen atoms in total. The van der Waals surface area contributed by atoms with Crippen LogP contribution in [0.4, 0.5) is 0 Å². The largest absolute Gasteiger partial charge is 0.494 e. The summed E-state index contributed by atoms with van der Waals surface area (Å²) in [7, 11) is 3.58. The zero-order valence-electron chi connectivity index (χ0n) is 10.00. The summed E-state index contributed by atoms with van der Waals surface area (Å²) in [5, 5.41) is 1.14. The highest BCUT2D eigenvalue weighted by Gasteiger charge is 2.15. The van der Waals surface area contributed by atoms with Gasteiger partial charge in [0, 0.05) is 18.1 Å². The highest BCUT2D eigenvalue weighted by molar-refractivity contribution is 5.97. The van der Waals surface area contributed by atoms with Crippen LogP contribution in [0.5, 0.6) is 5.75 Å². The molecule has 0 amide bonds. The van der Waals surface area contributed by atoms with Gasteiger partial charge < -0.3 is 9.30 Å². The number of benzene rings is 1. The van der Waals surface area contributed by atoms with Crippen LogP contribution in [0.25, 0.3) is 10.9 Å². The number of carbonyl (C=O) groups excluding carboxylic acids is 1. The van der Waals surface area contributed by atoms with Crippen LogP contribution in [0.3, 0.4) is 0 Å². The quantitative estimate of drug-likeness (QED) is 0.724. The summed E-state index contributed by atoms with van der Waals surface area (Å²) in [6, 6.07) is 3.78. The molecule has 1 aromatic carbocycles. The Labute approximate surface area is 94.6 Å². The Morgan fingerprint density at radius 1 is 1.31 bits per heavy atom. The standard InChI is InChI=1S/C13H15NO2/c1-8-9(2)14(3)12-11(8)6-5-10(7-15)13(12)16-4/h5-7H,1-4H3. The summed E-state index contributed by atoms with van der Waals surface area (Å²) in [6.45, 7) is 4.15. The lowest BCUT2D eigenvalue weighted by atomic mass is 10.1. The first kappa shape index (κ1) is 10.7. The molecule has 0 spiro atoms. The molecule has 1 heterocycles. The number of aldehydes is 1. The van der Waals surface area contributed by atoms with Gasteiger partial charge in [-0.05, 0) is 25.5 Å². The van der Waals surface area contributed by atoms with Gasteiger partial charge in [-0.15, -0.1) is 0 Å². The van der Waals surface area contributed by atoms with Gasteiger partial charge in [0.15, 0.2) is 12.0 Å². The maximum Gasteiger partial charge on any atom is 0.153 e. The lowest BCUT2D eigenvalue weighted by molar-refractivity contribution is 0.112. The molecule has 0 N–H and O–H groups in total. The van der Waals surface area contributed by atoms with Crippen molar-refractivity contribution in [2.45, 2.75) is 13.8 Å². The predicted molar refractivity (Wildman–Crippen MR) is 64.3 cm³/mol. The minimum absolute atomic E-state index is 0.593. The van der Waals surface area contributed by atoms with Gasteiger partial charge in [-0.3, -0.25) is 4.79 Å². The predicted octanol–water partition coefficient (Wildman–Crippen LogP) is 2.62. The van der Waals surface area contributed by atoms with Gasteiger partial charge >= 0.3 is 0 Å². The minimum Gasteiger partial charge on any atom is -0.494 e. The molecule has 0 bridgehead atoms. The summed E-state index contributed by atoms with van der Waals surface area (Å²) < 4.78 is 7.41. The molecule has 0 unspecified atom stereocenters. The Kier molecular flexibility index (Phi) is 2.46. The molecule has 0 atom stereocenters. The average Bonchev–Trinajstić information content (AvgIpc) is 2.53. The van der Waals surface area contributed by atoms with Crippen LogP contribution in [-0.2, 0) is 7.05 Å². The van der Waals surface area contributed by atoms with Crippen molar-refractivity contribution >= 4 is 17.2 Å². The number of aromatic nitrogens is 1. The number of carbonyl (C=O) groups is 1. The van der Waals surface area contributed by atoms with E-state index in [4.69, 9.17) is 4.74 Å². The number of aryl methyl sites for hydroxylation is 2. The van der Waals surface area contributed by atoms with Crippen molar-refractivity contribution in [3.05, 3.63) is 29.0 Å². The fraction of sp³-hybridized carbons (Fsp3) is 0.308. The van der Waals surface area contributed by atoms with E-state index in [1.165, 1.54) is 11.3 Å². The van der Waals surface area contributed by atoms with E-state index in [9.17, 15) is 4.79 Å². The highest BCUT2D eigenvalue weighted by Crippen LogP contribution is 2.33. The number of fused-ring (bicyclic) bond motifs is 1. The molecular weight excluding hydrogens is 202 g/mol. The average molecular weight is 217 g/mol. The van der Waals surface area contributed by atoms with Crippen LogP contribution in [0, 0.1) is 13.8 Å². The van der Waals surface area contributed by atoms with Crippen molar-refractivity contribution in [3.8, 4) is 5.75 Å². The molecule has 0 fully saturated rings. The van der Waals surface area contributed by atoms with E-state index >= 15 is 0 Å². The van der Waals surface area contributed by atoms with Gasteiger partial charge in [-0.1, -0.05) is 6.07 Å². The molecule has 0 aliphatic carbocycles. The second-order valence-electron chi connectivity index (χ2n) is 3.97. The fourth-order valence-corrected chi connectivity index (χ4v) is 2.14. The van der Waals surface area contributed by atoms with Crippen LogP contribution in [0.2, 0.25) is 0 Å². The number of nitrogens with zero attached hydrogens (tertiary/aromatic N) is 1. The van der Waals surface area contributed by atoms with Gasteiger partial charge in [0.05, 0.1) is 18.2 Å². The maximum absolute atomic E-state index is 10.9. The van der Waals surface area contributed by atoms with E-state index in [0.717, 1.165) is 17.2 Å². The molecule has 2 aromatic rings. The Balaban J connectivity index is 2.97. The van der Waals surface area contributed by atoms with E-state index in [2.05, 4.69) is 18.4 Å². The van der Waals surface area contributed by atoms with Crippen molar-refractivity contribution in [1.29, 1.82) is 0 Å². The molecule has 2 rings (SSSR count). The molecule has 0 aliphatic rings. The molecular formula is C13H15NO2. The Hall–Kier alpha value is -1.77. The topological polar surface area (TPSA) is 31.2 Å². The fourth-order valence-electron chi connectivity index (χ4n) is 2.14. The molecule has 0 saturated heterocycles. The van der Waals surface area contributed by atoms with Crippen LogP contribution in [0.1, 0.15) is 21.6 Å². The van der Waals surface area contributed by atoms with E-state index in [1.54, 1.807) is 13.2 Å². The Morgan fingerprint density at radius 2 is 2.00 bits per heavy atom. The van der Waals surface area contributed by atoms with Gasteiger partial charge in [-0.25, -0.2) is 0 Å². The van der Waals surface area contributed by atoms with E-state index in [0.29, 0.717) is 11.3 Å². The van der Waals surface area contributed by atoms with Crippen LogP contribution in [0.15, 0.2) is 12.1 Å². The zero-order valence-corrected chi connectivity index (χ0v) is 10.00. The first-order valence-corrected chi connectivity index (χ1v) is 5.19. The van der Waals surface area contributed by atoms with Crippen LogP contribution >= 0.6 is 0 Å². The second kappa shape index (κ2) is 3.67. The molecule has 84 valence electrons. The normalized spacial score (nSPS) is 10.8. The van der Waals surface area contributed by atoms with Crippen molar-refractivity contribution in [2.24, 2.45) is 7.05 Å². The van der Waals surface area contributed by atoms with Crippen LogP contribution < -0.4 is 4.74 Å².